The van der Waals surface area contributed by atoms with Crippen LogP contribution < -0.4 is 0 Å². The molecule has 6 unspecified atom stereocenters. The fourth-order valence-corrected chi connectivity index (χ4v) is 7.00. The molecule has 2 aliphatic carbocycles. The van der Waals surface area contributed by atoms with E-state index in [-0.39, 0.29) is 0 Å². The Morgan fingerprint density at radius 3 is 1.85 bits per heavy atom. The van der Waals surface area contributed by atoms with Crippen molar-refractivity contribution in [2.75, 3.05) is 0 Å². The summed E-state index contributed by atoms with van der Waals surface area (Å²) in [6.45, 7) is 26.9. The molecule has 2 saturated carbocycles. The second kappa shape index (κ2) is 9.67. The van der Waals surface area contributed by atoms with Crippen LogP contribution in [0.4, 0.5) is 0 Å². The summed E-state index contributed by atoms with van der Waals surface area (Å²) in [4.78, 5) is 0. The fraction of sp³-hybridized carbons (Fsp3) is 1.00. The molecule has 0 heterocycles. The van der Waals surface area contributed by atoms with Crippen LogP contribution >= 0.6 is 0 Å². The molecule has 0 aliphatic heterocycles. The molecule has 0 nitrogen and oxygen atoms in total. The first-order valence-corrected chi connectivity index (χ1v) is 12.4. The molecule has 0 aromatic carbocycles. The van der Waals surface area contributed by atoms with Gasteiger partial charge < -0.3 is 0 Å². The topological polar surface area (TPSA) is 0 Å². The van der Waals surface area contributed by atoms with E-state index in [1.807, 2.05) is 13.8 Å². The lowest BCUT2D eigenvalue weighted by molar-refractivity contribution is -0.0683. The van der Waals surface area contributed by atoms with Crippen LogP contribution in [0.2, 0.25) is 0 Å². The van der Waals surface area contributed by atoms with E-state index in [9.17, 15) is 0 Å². The Morgan fingerprint density at radius 2 is 1.37 bits per heavy atom. The van der Waals surface area contributed by atoms with E-state index in [0.717, 1.165) is 29.6 Å². The molecule has 0 N–H and O–H groups in total. The van der Waals surface area contributed by atoms with Gasteiger partial charge in [0.2, 0.25) is 0 Å². The third-order valence-corrected chi connectivity index (χ3v) is 9.68. The van der Waals surface area contributed by atoms with Crippen LogP contribution in [-0.2, 0) is 0 Å². The molecule has 0 saturated heterocycles. The zero-order chi connectivity index (χ0) is 21.0. The van der Waals surface area contributed by atoms with Crippen molar-refractivity contribution in [2.24, 2.45) is 45.8 Å². The normalized spacial score (nSPS) is 43.3. The number of rotatable bonds is 6. The quantitative estimate of drug-likeness (QED) is 0.431. The lowest BCUT2D eigenvalue weighted by atomic mass is 9.48. The highest BCUT2D eigenvalue weighted by atomic mass is 14.6. The Labute approximate surface area is 173 Å². The Kier molecular flexibility index (Phi) is 8.96. The third kappa shape index (κ3) is 5.14. The first-order valence-electron chi connectivity index (χ1n) is 12.4. The second-order valence-electron chi connectivity index (χ2n) is 11.7. The Hall–Kier alpha value is 0. The average Bonchev–Trinajstić information content (AvgIpc) is 2.85. The summed E-state index contributed by atoms with van der Waals surface area (Å²) in [7, 11) is 0. The van der Waals surface area contributed by atoms with Gasteiger partial charge in [-0.25, -0.2) is 0 Å². The molecule has 2 aliphatic rings. The molecule has 0 heteroatoms. The predicted molar refractivity (Wildman–Crippen MR) is 124 cm³/mol. The SMILES string of the molecule is CC.CC(C)CC1(C)CC(C)CCC1(C)C(C)CCC1(C)C(C)CCC1C. The van der Waals surface area contributed by atoms with Crippen LogP contribution in [0.25, 0.3) is 0 Å². The van der Waals surface area contributed by atoms with Crippen LogP contribution in [0.5, 0.6) is 0 Å². The smallest absolute Gasteiger partial charge is 0.0246 e. The third-order valence-electron chi connectivity index (χ3n) is 9.68. The summed E-state index contributed by atoms with van der Waals surface area (Å²) in [6, 6.07) is 0. The maximum Gasteiger partial charge on any atom is -0.0246 e. The van der Waals surface area contributed by atoms with Crippen molar-refractivity contribution in [3.63, 3.8) is 0 Å². The standard InChI is InChI=1S/C25H48.C2H6/c1-18(2)16-23(7)17-19(3)12-15-25(23,9)22(6)13-14-24(8)20(4)10-11-21(24)5;1-2/h18-22H,10-17H2,1-9H3;1-2H3. The maximum atomic E-state index is 2.66. The highest BCUT2D eigenvalue weighted by Crippen LogP contribution is 2.60. The molecule has 0 aromatic heterocycles. The molecule has 0 amide bonds. The monoisotopic (exact) mass is 378 g/mol. The van der Waals surface area contributed by atoms with Crippen LogP contribution in [0.15, 0.2) is 0 Å². The van der Waals surface area contributed by atoms with Crippen molar-refractivity contribution >= 4 is 0 Å². The van der Waals surface area contributed by atoms with Gasteiger partial charge in [-0.2, -0.15) is 0 Å². The van der Waals surface area contributed by atoms with Crippen molar-refractivity contribution in [2.45, 2.75) is 128 Å². The summed E-state index contributed by atoms with van der Waals surface area (Å²) in [5.41, 5.74) is 1.62. The fourth-order valence-electron chi connectivity index (χ4n) is 7.00. The van der Waals surface area contributed by atoms with Gasteiger partial charge in [0.25, 0.3) is 0 Å². The van der Waals surface area contributed by atoms with E-state index in [2.05, 4.69) is 62.3 Å². The van der Waals surface area contributed by atoms with E-state index in [1.165, 1.54) is 51.4 Å². The Morgan fingerprint density at radius 1 is 0.852 bits per heavy atom. The van der Waals surface area contributed by atoms with E-state index >= 15 is 0 Å². The van der Waals surface area contributed by atoms with Gasteiger partial charge in [-0.3, -0.25) is 0 Å². The molecule has 0 aromatic rings. The lowest BCUT2D eigenvalue weighted by Crippen LogP contribution is -2.47. The van der Waals surface area contributed by atoms with E-state index in [0.29, 0.717) is 16.2 Å². The van der Waals surface area contributed by atoms with Crippen LogP contribution in [0.3, 0.4) is 0 Å². The van der Waals surface area contributed by atoms with Crippen molar-refractivity contribution in [3.8, 4) is 0 Å². The van der Waals surface area contributed by atoms with Gasteiger partial charge in [0.1, 0.15) is 0 Å². The predicted octanol–water partition coefficient (Wildman–Crippen LogP) is 9.38. The summed E-state index contributed by atoms with van der Waals surface area (Å²) in [5.74, 6) is 4.40. The van der Waals surface area contributed by atoms with Gasteiger partial charge >= 0.3 is 0 Å². The Bertz CT molecular complexity index is 421. The molecule has 0 spiro atoms. The first kappa shape index (κ1) is 25.0. The first-order chi connectivity index (χ1) is 12.4. The summed E-state index contributed by atoms with van der Waals surface area (Å²) in [6.07, 6.45) is 11.5. The molecule has 162 valence electrons. The Balaban J connectivity index is 0.00000176. The number of hydrogen-bond acceptors (Lipinski definition) is 0. The highest BCUT2D eigenvalue weighted by molar-refractivity contribution is 5.01. The van der Waals surface area contributed by atoms with Crippen molar-refractivity contribution in [1.82, 2.24) is 0 Å². The maximum absolute atomic E-state index is 2.66. The highest BCUT2D eigenvalue weighted by Gasteiger charge is 2.51. The molecule has 2 rings (SSSR count). The van der Waals surface area contributed by atoms with Gasteiger partial charge in [0.05, 0.1) is 0 Å². The molecule has 27 heavy (non-hydrogen) atoms. The van der Waals surface area contributed by atoms with Gasteiger partial charge in [0, 0.05) is 0 Å². The number of hydrogen-bond donors (Lipinski definition) is 0. The minimum absolute atomic E-state index is 0.519. The molecule has 0 bridgehead atoms. The summed E-state index contributed by atoms with van der Waals surface area (Å²) < 4.78 is 0. The van der Waals surface area contributed by atoms with Gasteiger partial charge in [-0.1, -0.05) is 82.6 Å². The van der Waals surface area contributed by atoms with E-state index < -0.39 is 0 Å². The summed E-state index contributed by atoms with van der Waals surface area (Å²) in [5, 5.41) is 0. The van der Waals surface area contributed by atoms with Crippen molar-refractivity contribution in [3.05, 3.63) is 0 Å². The average molecular weight is 379 g/mol. The molecule has 6 atom stereocenters. The van der Waals surface area contributed by atoms with Gasteiger partial charge in [-0.15, -0.1) is 0 Å². The molecule has 0 radical (unpaired) electrons. The van der Waals surface area contributed by atoms with Gasteiger partial charge in [0.15, 0.2) is 0 Å². The van der Waals surface area contributed by atoms with Crippen LogP contribution in [-0.4, -0.2) is 0 Å². The molecular formula is C27H54. The molecular weight excluding hydrogens is 324 g/mol. The molecule has 2 fully saturated rings. The second-order valence-corrected chi connectivity index (χ2v) is 11.7. The van der Waals surface area contributed by atoms with E-state index in [1.54, 1.807) is 0 Å². The zero-order valence-electron chi connectivity index (χ0n) is 21.0. The largest absolute Gasteiger partial charge is 0.0683 e. The zero-order valence-corrected chi connectivity index (χ0v) is 21.0. The van der Waals surface area contributed by atoms with Crippen molar-refractivity contribution < 1.29 is 0 Å². The van der Waals surface area contributed by atoms with Crippen LogP contribution in [0.1, 0.15) is 128 Å². The summed E-state index contributed by atoms with van der Waals surface area (Å²) >= 11 is 0. The lowest BCUT2D eigenvalue weighted by Gasteiger charge is -2.56. The van der Waals surface area contributed by atoms with E-state index in [4.69, 9.17) is 0 Å². The van der Waals surface area contributed by atoms with Gasteiger partial charge in [-0.05, 0) is 90.8 Å². The van der Waals surface area contributed by atoms with Crippen LogP contribution in [0, 0.1) is 45.8 Å². The minimum atomic E-state index is 0.519. The minimum Gasteiger partial charge on any atom is -0.0683 e. The van der Waals surface area contributed by atoms with Crippen molar-refractivity contribution in [1.29, 1.82) is 0 Å².